The largest absolute Gasteiger partial charge is 0.406 e. The third kappa shape index (κ3) is 4.43. The minimum absolute atomic E-state index is 0.0174. The fraction of sp³-hybridized carbons (Fsp3) is 0.444. The number of aromatic amines is 1. The Morgan fingerprint density at radius 2 is 2.00 bits per heavy atom. The van der Waals surface area contributed by atoms with Crippen LogP contribution in [-0.2, 0) is 19.4 Å². The Morgan fingerprint density at radius 1 is 1.27 bits per heavy atom. The summed E-state index contributed by atoms with van der Waals surface area (Å²) < 4.78 is 39.0. The molecule has 1 aromatic carbocycles. The van der Waals surface area contributed by atoms with Gasteiger partial charge in [-0.05, 0) is 18.9 Å². The summed E-state index contributed by atoms with van der Waals surface area (Å²) in [5.41, 5.74) is 3.54. The molecule has 1 aliphatic heterocycles. The van der Waals surface area contributed by atoms with Gasteiger partial charge < -0.3 is 10.2 Å². The van der Waals surface area contributed by atoms with Crippen LogP contribution < -0.4 is 5.32 Å². The molecule has 0 fully saturated rings. The number of H-pyrrole nitrogens is 1. The summed E-state index contributed by atoms with van der Waals surface area (Å²) in [6.45, 7) is 1.83. The maximum Gasteiger partial charge on any atom is 0.406 e. The lowest BCUT2D eigenvalue weighted by Crippen LogP contribution is -2.41. The normalized spacial score (nSPS) is 14.2. The predicted octanol–water partition coefficient (Wildman–Crippen LogP) is 2.61. The van der Waals surface area contributed by atoms with Crippen molar-refractivity contribution in [2.45, 2.75) is 32.5 Å². The lowest BCUT2D eigenvalue weighted by Gasteiger charge is -2.24. The van der Waals surface area contributed by atoms with Gasteiger partial charge in [-0.25, -0.2) is 0 Å². The topological polar surface area (TPSA) is 61.0 Å². The number of nitrogens with zero attached hydrogens (tertiary/aromatic N) is 2. The highest BCUT2D eigenvalue weighted by Gasteiger charge is 2.35. The van der Waals surface area contributed by atoms with Gasteiger partial charge in [0.25, 0.3) is 5.91 Å². The molecule has 0 unspecified atom stereocenters. The average molecular weight is 366 g/mol. The van der Waals surface area contributed by atoms with Gasteiger partial charge in [0, 0.05) is 37.3 Å². The monoisotopic (exact) mass is 366 g/mol. The molecule has 0 aliphatic carbocycles. The Labute approximate surface area is 149 Å². The van der Waals surface area contributed by atoms with Crippen molar-refractivity contribution in [3.63, 3.8) is 0 Å². The Balaban J connectivity index is 1.77. The molecule has 2 heterocycles. The number of halogens is 3. The van der Waals surface area contributed by atoms with E-state index in [-0.39, 0.29) is 12.2 Å². The SMILES string of the molecule is Cc1ccc(CCN(CC(F)(F)F)C(=O)c2n[nH]c3c2CNCC3)cc1. The molecule has 0 atom stereocenters. The molecule has 1 amide bonds. The Morgan fingerprint density at radius 3 is 2.69 bits per heavy atom. The predicted molar refractivity (Wildman–Crippen MR) is 90.8 cm³/mol. The first-order chi connectivity index (χ1) is 12.3. The summed E-state index contributed by atoms with van der Waals surface area (Å²) in [4.78, 5) is 13.6. The summed E-state index contributed by atoms with van der Waals surface area (Å²) in [6.07, 6.45) is -3.43. The van der Waals surface area contributed by atoms with Crippen molar-refractivity contribution in [2.24, 2.45) is 0 Å². The van der Waals surface area contributed by atoms with Crippen molar-refractivity contribution in [3.05, 3.63) is 52.3 Å². The molecule has 0 bridgehead atoms. The van der Waals surface area contributed by atoms with E-state index in [0.717, 1.165) is 28.3 Å². The van der Waals surface area contributed by atoms with Gasteiger partial charge in [0.15, 0.2) is 5.69 Å². The molecule has 2 N–H and O–H groups in total. The Hall–Kier alpha value is -2.35. The second-order valence-electron chi connectivity index (χ2n) is 6.53. The first-order valence-electron chi connectivity index (χ1n) is 8.52. The molecular weight excluding hydrogens is 345 g/mol. The molecular formula is C18H21F3N4O. The minimum Gasteiger partial charge on any atom is -0.328 e. The first kappa shape index (κ1) is 18.4. The van der Waals surface area contributed by atoms with E-state index in [1.54, 1.807) is 0 Å². The van der Waals surface area contributed by atoms with Gasteiger partial charge in [-0.2, -0.15) is 18.3 Å². The number of hydrogen-bond donors (Lipinski definition) is 2. The van der Waals surface area contributed by atoms with Crippen molar-refractivity contribution in [1.82, 2.24) is 20.4 Å². The van der Waals surface area contributed by atoms with Gasteiger partial charge >= 0.3 is 6.18 Å². The molecule has 1 aromatic heterocycles. The molecule has 8 heteroatoms. The number of amides is 1. The van der Waals surface area contributed by atoms with E-state index in [4.69, 9.17) is 0 Å². The van der Waals surface area contributed by atoms with Crippen LogP contribution in [-0.4, -0.2) is 46.8 Å². The summed E-state index contributed by atoms with van der Waals surface area (Å²) in [5.74, 6) is -0.685. The van der Waals surface area contributed by atoms with Crippen LogP contribution in [0.2, 0.25) is 0 Å². The van der Waals surface area contributed by atoms with Gasteiger partial charge in [0.2, 0.25) is 0 Å². The second-order valence-corrected chi connectivity index (χ2v) is 6.53. The number of nitrogens with one attached hydrogen (secondary N) is 2. The first-order valence-corrected chi connectivity index (χ1v) is 8.52. The number of carbonyl (C=O) groups is 1. The van der Waals surface area contributed by atoms with Crippen molar-refractivity contribution >= 4 is 5.91 Å². The summed E-state index contributed by atoms with van der Waals surface area (Å²) in [5, 5.41) is 9.90. The van der Waals surface area contributed by atoms with Crippen LogP contribution in [0, 0.1) is 6.92 Å². The molecule has 0 radical (unpaired) electrons. The molecule has 3 rings (SSSR count). The Kier molecular flexibility index (Phi) is 5.31. The van der Waals surface area contributed by atoms with Crippen LogP contribution in [0.4, 0.5) is 13.2 Å². The van der Waals surface area contributed by atoms with Gasteiger partial charge in [0.1, 0.15) is 6.54 Å². The number of alkyl halides is 3. The quantitative estimate of drug-likeness (QED) is 0.855. The van der Waals surface area contributed by atoms with Gasteiger partial charge in [-0.3, -0.25) is 9.89 Å². The maximum atomic E-state index is 13.0. The van der Waals surface area contributed by atoms with E-state index < -0.39 is 18.6 Å². The van der Waals surface area contributed by atoms with Crippen molar-refractivity contribution in [3.8, 4) is 0 Å². The van der Waals surface area contributed by atoms with Crippen LogP contribution in [0.1, 0.15) is 32.9 Å². The highest BCUT2D eigenvalue weighted by Crippen LogP contribution is 2.21. The van der Waals surface area contributed by atoms with Gasteiger partial charge in [-0.1, -0.05) is 29.8 Å². The highest BCUT2D eigenvalue weighted by atomic mass is 19.4. The van der Waals surface area contributed by atoms with Gasteiger partial charge in [-0.15, -0.1) is 0 Å². The fourth-order valence-electron chi connectivity index (χ4n) is 3.04. The number of benzene rings is 1. The number of hydrogen-bond acceptors (Lipinski definition) is 3. The molecule has 140 valence electrons. The van der Waals surface area contributed by atoms with E-state index >= 15 is 0 Å². The van der Waals surface area contributed by atoms with E-state index in [9.17, 15) is 18.0 Å². The van der Waals surface area contributed by atoms with Crippen molar-refractivity contribution in [1.29, 1.82) is 0 Å². The van der Waals surface area contributed by atoms with Crippen LogP contribution >= 0.6 is 0 Å². The molecule has 1 aliphatic rings. The Bertz CT molecular complexity index is 768. The molecule has 0 saturated carbocycles. The zero-order chi connectivity index (χ0) is 18.7. The van der Waals surface area contributed by atoms with E-state index in [1.165, 1.54) is 0 Å². The smallest absolute Gasteiger partial charge is 0.328 e. The number of aromatic nitrogens is 2. The third-order valence-corrected chi connectivity index (χ3v) is 4.46. The van der Waals surface area contributed by atoms with E-state index in [0.29, 0.717) is 24.9 Å². The number of rotatable bonds is 5. The number of aryl methyl sites for hydroxylation is 1. The average Bonchev–Trinajstić information content (AvgIpc) is 3.02. The van der Waals surface area contributed by atoms with Crippen LogP contribution in [0.25, 0.3) is 0 Å². The lowest BCUT2D eigenvalue weighted by atomic mass is 10.1. The standard InChI is InChI=1S/C18H21F3N4O/c1-12-2-4-13(5-3-12)7-9-25(11-18(19,20)21)17(26)16-14-10-22-8-6-15(14)23-24-16/h2-5,22H,6-11H2,1H3,(H,23,24). The summed E-state index contributed by atoms with van der Waals surface area (Å²) >= 11 is 0. The molecule has 0 saturated heterocycles. The zero-order valence-corrected chi connectivity index (χ0v) is 14.5. The van der Waals surface area contributed by atoms with E-state index in [1.807, 2.05) is 31.2 Å². The lowest BCUT2D eigenvalue weighted by molar-refractivity contribution is -0.140. The van der Waals surface area contributed by atoms with Crippen LogP contribution in [0.15, 0.2) is 24.3 Å². The molecule has 2 aromatic rings. The summed E-state index contributed by atoms with van der Waals surface area (Å²) in [7, 11) is 0. The van der Waals surface area contributed by atoms with Crippen molar-refractivity contribution in [2.75, 3.05) is 19.6 Å². The highest BCUT2D eigenvalue weighted by molar-refractivity contribution is 5.94. The van der Waals surface area contributed by atoms with Crippen LogP contribution in [0.5, 0.6) is 0 Å². The fourth-order valence-corrected chi connectivity index (χ4v) is 3.04. The summed E-state index contributed by atoms with van der Waals surface area (Å²) in [6, 6.07) is 7.54. The third-order valence-electron chi connectivity index (χ3n) is 4.46. The molecule has 5 nitrogen and oxygen atoms in total. The second kappa shape index (κ2) is 7.49. The number of fused-ring (bicyclic) bond motifs is 1. The molecule has 26 heavy (non-hydrogen) atoms. The van der Waals surface area contributed by atoms with Gasteiger partial charge in [0.05, 0.1) is 0 Å². The minimum atomic E-state index is -4.46. The van der Waals surface area contributed by atoms with Crippen molar-refractivity contribution < 1.29 is 18.0 Å². The zero-order valence-electron chi connectivity index (χ0n) is 14.5. The molecule has 0 spiro atoms. The van der Waals surface area contributed by atoms with E-state index in [2.05, 4.69) is 15.5 Å². The number of carbonyl (C=O) groups excluding carboxylic acids is 1. The van der Waals surface area contributed by atoms with Crippen LogP contribution in [0.3, 0.4) is 0 Å². The maximum absolute atomic E-state index is 13.0.